The lowest BCUT2D eigenvalue weighted by atomic mass is 10.2. The van der Waals surface area contributed by atoms with E-state index in [0.717, 1.165) is 11.3 Å². The molecule has 2 aromatic rings. The highest BCUT2D eigenvalue weighted by Gasteiger charge is 2.12. The second-order valence-corrected chi connectivity index (χ2v) is 4.55. The average molecular weight is 294 g/mol. The van der Waals surface area contributed by atoms with Crippen molar-refractivity contribution in [3.63, 3.8) is 0 Å². The van der Waals surface area contributed by atoms with Crippen molar-refractivity contribution in [2.45, 2.75) is 6.54 Å². The molecule has 0 saturated heterocycles. The normalized spacial score (nSPS) is 10.2. The number of hydrogen-bond donors (Lipinski definition) is 2. The van der Waals surface area contributed by atoms with E-state index >= 15 is 0 Å². The van der Waals surface area contributed by atoms with Gasteiger partial charge in [-0.3, -0.25) is 0 Å². The van der Waals surface area contributed by atoms with Crippen LogP contribution in [0.2, 0.25) is 5.02 Å². The SMILES string of the molecule is COc1ccc(CNc2ccc(O)cc2)c(Cl)c1OC. The fraction of sp³-hybridized carbons (Fsp3) is 0.200. The molecule has 4 nitrogen and oxygen atoms in total. The van der Waals surface area contributed by atoms with Crippen LogP contribution in [-0.4, -0.2) is 19.3 Å². The van der Waals surface area contributed by atoms with E-state index < -0.39 is 0 Å². The van der Waals surface area contributed by atoms with E-state index in [1.165, 1.54) is 0 Å². The molecule has 0 aliphatic heterocycles. The topological polar surface area (TPSA) is 50.7 Å². The van der Waals surface area contributed by atoms with Gasteiger partial charge in [0.15, 0.2) is 11.5 Å². The average Bonchev–Trinajstić information content (AvgIpc) is 2.47. The number of ether oxygens (including phenoxy) is 2. The maximum absolute atomic E-state index is 9.23. The Kier molecular flexibility index (Phi) is 4.58. The van der Waals surface area contributed by atoms with Crippen LogP contribution in [0.1, 0.15) is 5.56 Å². The third kappa shape index (κ3) is 3.08. The molecule has 0 aliphatic rings. The molecule has 0 fully saturated rings. The summed E-state index contributed by atoms with van der Waals surface area (Å²) in [7, 11) is 3.13. The molecule has 2 N–H and O–H groups in total. The van der Waals surface area contributed by atoms with E-state index in [1.807, 2.05) is 12.1 Å². The molecule has 106 valence electrons. The van der Waals surface area contributed by atoms with Crippen LogP contribution in [0.3, 0.4) is 0 Å². The first-order valence-electron chi connectivity index (χ1n) is 6.08. The van der Waals surface area contributed by atoms with Gasteiger partial charge >= 0.3 is 0 Å². The predicted molar refractivity (Wildman–Crippen MR) is 80.0 cm³/mol. The van der Waals surface area contributed by atoms with E-state index in [0.29, 0.717) is 23.1 Å². The summed E-state index contributed by atoms with van der Waals surface area (Å²) >= 11 is 6.30. The Bertz CT molecular complexity index is 584. The highest BCUT2D eigenvalue weighted by molar-refractivity contribution is 6.33. The molecular formula is C15H16ClNO3. The van der Waals surface area contributed by atoms with Crippen molar-refractivity contribution in [1.82, 2.24) is 0 Å². The molecule has 0 amide bonds. The van der Waals surface area contributed by atoms with Crippen molar-refractivity contribution in [3.05, 3.63) is 47.0 Å². The summed E-state index contributed by atoms with van der Waals surface area (Å²) < 4.78 is 10.4. The van der Waals surface area contributed by atoms with E-state index in [2.05, 4.69) is 5.32 Å². The summed E-state index contributed by atoms with van der Waals surface area (Å²) in [6.07, 6.45) is 0. The highest BCUT2D eigenvalue weighted by Crippen LogP contribution is 2.37. The minimum atomic E-state index is 0.236. The van der Waals surface area contributed by atoms with Crippen LogP contribution in [0.5, 0.6) is 17.2 Å². The monoisotopic (exact) mass is 293 g/mol. The van der Waals surface area contributed by atoms with Gasteiger partial charge in [0, 0.05) is 12.2 Å². The molecule has 0 aromatic heterocycles. The number of methoxy groups -OCH3 is 2. The maximum atomic E-state index is 9.23. The summed E-state index contributed by atoms with van der Waals surface area (Å²) in [6, 6.07) is 10.5. The number of nitrogens with one attached hydrogen (secondary N) is 1. The Balaban J connectivity index is 2.15. The number of rotatable bonds is 5. The largest absolute Gasteiger partial charge is 0.508 e. The fourth-order valence-corrected chi connectivity index (χ4v) is 2.14. The number of phenols is 1. The van der Waals surface area contributed by atoms with Crippen LogP contribution in [-0.2, 0) is 6.54 Å². The number of aromatic hydroxyl groups is 1. The minimum absolute atomic E-state index is 0.236. The molecule has 0 bridgehead atoms. The quantitative estimate of drug-likeness (QED) is 0.826. The molecule has 20 heavy (non-hydrogen) atoms. The maximum Gasteiger partial charge on any atom is 0.179 e. The molecular weight excluding hydrogens is 278 g/mol. The van der Waals surface area contributed by atoms with E-state index in [9.17, 15) is 5.11 Å². The number of anilines is 1. The molecule has 0 heterocycles. The van der Waals surface area contributed by atoms with Gasteiger partial charge in [-0.25, -0.2) is 0 Å². The highest BCUT2D eigenvalue weighted by atomic mass is 35.5. The Morgan fingerprint density at radius 1 is 1.05 bits per heavy atom. The van der Waals surface area contributed by atoms with Gasteiger partial charge < -0.3 is 19.9 Å². The summed E-state index contributed by atoms with van der Waals surface area (Å²) in [4.78, 5) is 0. The summed E-state index contributed by atoms with van der Waals surface area (Å²) in [6.45, 7) is 0.546. The number of halogens is 1. The van der Waals surface area contributed by atoms with Crippen LogP contribution in [0.25, 0.3) is 0 Å². The summed E-state index contributed by atoms with van der Waals surface area (Å²) in [5.74, 6) is 1.37. The van der Waals surface area contributed by atoms with Gasteiger partial charge in [-0.1, -0.05) is 17.7 Å². The standard InChI is InChI=1S/C15H16ClNO3/c1-19-13-8-3-10(14(16)15(13)20-2)9-17-11-4-6-12(18)7-5-11/h3-8,17-18H,9H2,1-2H3. The van der Waals surface area contributed by atoms with Crippen molar-refractivity contribution in [3.8, 4) is 17.2 Å². The minimum Gasteiger partial charge on any atom is -0.508 e. The lowest BCUT2D eigenvalue weighted by Crippen LogP contribution is -2.01. The van der Waals surface area contributed by atoms with Crippen molar-refractivity contribution in [1.29, 1.82) is 0 Å². The molecule has 0 radical (unpaired) electrons. The third-order valence-corrected chi connectivity index (χ3v) is 3.33. The predicted octanol–water partition coefficient (Wildman–Crippen LogP) is 3.67. The first-order valence-corrected chi connectivity index (χ1v) is 6.45. The zero-order chi connectivity index (χ0) is 14.5. The summed E-state index contributed by atoms with van der Waals surface area (Å²) in [5.41, 5.74) is 1.80. The van der Waals surface area contributed by atoms with Crippen molar-refractivity contribution >= 4 is 17.3 Å². The number of benzene rings is 2. The van der Waals surface area contributed by atoms with E-state index in [4.69, 9.17) is 21.1 Å². The van der Waals surface area contributed by atoms with E-state index in [-0.39, 0.29) is 5.75 Å². The summed E-state index contributed by atoms with van der Waals surface area (Å²) in [5, 5.41) is 13.0. The molecule has 0 spiro atoms. The third-order valence-electron chi connectivity index (χ3n) is 2.92. The van der Waals surface area contributed by atoms with Crippen LogP contribution in [0, 0.1) is 0 Å². The van der Waals surface area contributed by atoms with Crippen molar-refractivity contribution in [2.75, 3.05) is 19.5 Å². The molecule has 0 atom stereocenters. The van der Waals surface area contributed by atoms with Gasteiger partial charge in [-0.05, 0) is 35.9 Å². The molecule has 0 unspecified atom stereocenters. The Morgan fingerprint density at radius 2 is 1.75 bits per heavy atom. The van der Waals surface area contributed by atoms with Gasteiger partial charge in [0.2, 0.25) is 0 Å². The second kappa shape index (κ2) is 6.39. The van der Waals surface area contributed by atoms with Crippen molar-refractivity contribution < 1.29 is 14.6 Å². The van der Waals surface area contributed by atoms with Crippen LogP contribution in [0.15, 0.2) is 36.4 Å². The Morgan fingerprint density at radius 3 is 2.35 bits per heavy atom. The van der Waals surface area contributed by atoms with Gasteiger partial charge in [0.05, 0.1) is 19.2 Å². The molecule has 5 heteroatoms. The zero-order valence-electron chi connectivity index (χ0n) is 11.3. The van der Waals surface area contributed by atoms with Gasteiger partial charge in [0.1, 0.15) is 5.75 Å². The van der Waals surface area contributed by atoms with Crippen LogP contribution >= 0.6 is 11.6 Å². The van der Waals surface area contributed by atoms with Gasteiger partial charge in [0.25, 0.3) is 0 Å². The Hall–Kier alpha value is -2.07. The fourth-order valence-electron chi connectivity index (χ4n) is 1.84. The lowest BCUT2D eigenvalue weighted by Gasteiger charge is -2.13. The molecule has 0 aliphatic carbocycles. The van der Waals surface area contributed by atoms with Crippen LogP contribution in [0.4, 0.5) is 5.69 Å². The molecule has 0 saturated carbocycles. The molecule has 2 rings (SSSR count). The second-order valence-electron chi connectivity index (χ2n) is 4.17. The zero-order valence-corrected chi connectivity index (χ0v) is 12.1. The lowest BCUT2D eigenvalue weighted by molar-refractivity contribution is 0.355. The van der Waals surface area contributed by atoms with E-state index in [1.54, 1.807) is 38.5 Å². The number of phenolic OH excluding ortho intramolecular Hbond substituents is 1. The first kappa shape index (κ1) is 14.3. The van der Waals surface area contributed by atoms with Crippen molar-refractivity contribution in [2.24, 2.45) is 0 Å². The van der Waals surface area contributed by atoms with Gasteiger partial charge in [-0.2, -0.15) is 0 Å². The smallest absolute Gasteiger partial charge is 0.179 e. The Labute approximate surface area is 122 Å². The number of hydrogen-bond acceptors (Lipinski definition) is 4. The van der Waals surface area contributed by atoms with Crippen LogP contribution < -0.4 is 14.8 Å². The molecule has 2 aromatic carbocycles. The first-order chi connectivity index (χ1) is 9.65. The van der Waals surface area contributed by atoms with Gasteiger partial charge in [-0.15, -0.1) is 0 Å².